The molecule has 1 unspecified atom stereocenters. The number of hydrogen-bond acceptors (Lipinski definition) is 5. The Morgan fingerprint density at radius 2 is 2.37 bits per heavy atom. The lowest BCUT2D eigenvalue weighted by molar-refractivity contribution is 0.279. The van der Waals surface area contributed by atoms with E-state index in [1.165, 1.54) is 12.8 Å². The van der Waals surface area contributed by atoms with E-state index in [0.717, 1.165) is 44.0 Å². The van der Waals surface area contributed by atoms with Crippen LogP contribution in [0.3, 0.4) is 0 Å². The van der Waals surface area contributed by atoms with Crippen LogP contribution in [0.2, 0.25) is 0 Å². The van der Waals surface area contributed by atoms with Crippen LogP contribution in [-0.4, -0.2) is 40.8 Å². The predicted molar refractivity (Wildman–Crippen MR) is 77.5 cm³/mol. The highest BCUT2D eigenvalue weighted by molar-refractivity contribution is 5.49. The Labute approximate surface area is 115 Å². The van der Waals surface area contributed by atoms with E-state index in [1.807, 2.05) is 6.07 Å². The van der Waals surface area contributed by atoms with Gasteiger partial charge in [0.2, 0.25) is 0 Å². The molecule has 0 amide bonds. The summed E-state index contributed by atoms with van der Waals surface area (Å²) in [4.78, 5) is 11.0. The quantitative estimate of drug-likeness (QED) is 0.789. The van der Waals surface area contributed by atoms with Gasteiger partial charge in [0.05, 0.1) is 0 Å². The topological polar surface area (TPSA) is 61.3 Å². The molecule has 2 heterocycles. The monoisotopic (exact) mass is 264 g/mol. The van der Waals surface area contributed by atoms with Crippen LogP contribution in [0.15, 0.2) is 12.4 Å². The van der Waals surface area contributed by atoms with E-state index in [9.17, 15) is 0 Å². The van der Waals surface area contributed by atoms with Crippen LogP contribution in [0.4, 0.5) is 11.6 Å². The lowest BCUT2D eigenvalue weighted by atomic mass is 10.1. The average Bonchev–Trinajstić information content (AvgIpc) is 2.91. The Bertz CT molecular complexity index is 385. The highest BCUT2D eigenvalue weighted by Gasteiger charge is 2.25. The SMILES string of the molecule is CCCNc1cc(N2CCCC2CCCO)ncn1. The van der Waals surface area contributed by atoms with Crippen molar-refractivity contribution in [3.05, 3.63) is 12.4 Å². The molecule has 0 aliphatic carbocycles. The maximum Gasteiger partial charge on any atom is 0.134 e. The lowest BCUT2D eigenvalue weighted by Crippen LogP contribution is -2.30. The Morgan fingerprint density at radius 1 is 1.47 bits per heavy atom. The normalized spacial score (nSPS) is 18.8. The van der Waals surface area contributed by atoms with Gasteiger partial charge in [-0.2, -0.15) is 0 Å². The summed E-state index contributed by atoms with van der Waals surface area (Å²) in [6.07, 6.45) is 7.03. The zero-order valence-corrected chi connectivity index (χ0v) is 11.7. The van der Waals surface area contributed by atoms with Crippen molar-refractivity contribution in [1.29, 1.82) is 0 Å². The van der Waals surface area contributed by atoms with Crippen molar-refractivity contribution in [3.8, 4) is 0 Å². The molecule has 1 atom stereocenters. The smallest absolute Gasteiger partial charge is 0.134 e. The van der Waals surface area contributed by atoms with Crippen LogP contribution >= 0.6 is 0 Å². The molecule has 2 N–H and O–H groups in total. The van der Waals surface area contributed by atoms with Crippen LogP contribution in [0.1, 0.15) is 39.0 Å². The fraction of sp³-hybridized carbons (Fsp3) is 0.714. The minimum atomic E-state index is 0.275. The Balaban J connectivity index is 2.03. The highest BCUT2D eigenvalue weighted by atomic mass is 16.2. The zero-order chi connectivity index (χ0) is 13.5. The Morgan fingerprint density at radius 3 is 3.16 bits per heavy atom. The predicted octanol–water partition coefficient (Wildman–Crippen LogP) is 2.04. The first-order chi connectivity index (χ1) is 9.35. The number of aliphatic hydroxyl groups excluding tert-OH is 1. The van der Waals surface area contributed by atoms with Gasteiger partial charge >= 0.3 is 0 Å². The van der Waals surface area contributed by atoms with Gasteiger partial charge in [-0.05, 0) is 32.1 Å². The largest absolute Gasteiger partial charge is 0.396 e. The van der Waals surface area contributed by atoms with Crippen molar-refractivity contribution in [2.24, 2.45) is 0 Å². The number of aromatic nitrogens is 2. The number of rotatable bonds is 7. The van der Waals surface area contributed by atoms with Gasteiger partial charge in [0, 0.05) is 31.8 Å². The number of aliphatic hydroxyl groups is 1. The van der Waals surface area contributed by atoms with Gasteiger partial charge in [0.1, 0.15) is 18.0 Å². The summed E-state index contributed by atoms with van der Waals surface area (Å²) in [5.74, 6) is 1.91. The highest BCUT2D eigenvalue weighted by Crippen LogP contribution is 2.27. The molecule has 0 spiro atoms. The fourth-order valence-corrected chi connectivity index (χ4v) is 2.62. The summed E-state index contributed by atoms with van der Waals surface area (Å²) < 4.78 is 0. The standard InChI is InChI=1S/C14H24N4O/c1-2-7-15-13-10-14(17-11-16-13)18-8-3-5-12(18)6-4-9-19/h10-12,19H,2-9H2,1H3,(H,15,16,17). The van der Waals surface area contributed by atoms with Crippen molar-refractivity contribution in [2.45, 2.75) is 45.1 Å². The fourth-order valence-electron chi connectivity index (χ4n) is 2.62. The molecular formula is C14H24N4O. The van der Waals surface area contributed by atoms with E-state index in [1.54, 1.807) is 6.33 Å². The van der Waals surface area contributed by atoms with E-state index in [4.69, 9.17) is 5.11 Å². The summed E-state index contributed by atoms with van der Waals surface area (Å²) in [5.41, 5.74) is 0. The van der Waals surface area contributed by atoms with Crippen molar-refractivity contribution >= 4 is 11.6 Å². The van der Waals surface area contributed by atoms with Gasteiger partial charge in [-0.25, -0.2) is 9.97 Å². The molecule has 2 rings (SSSR count). The summed E-state index contributed by atoms with van der Waals surface area (Å²) >= 11 is 0. The molecule has 0 aromatic carbocycles. The molecule has 1 aliphatic heterocycles. The zero-order valence-electron chi connectivity index (χ0n) is 11.7. The third kappa shape index (κ3) is 3.80. The molecule has 19 heavy (non-hydrogen) atoms. The molecular weight excluding hydrogens is 240 g/mol. The average molecular weight is 264 g/mol. The first-order valence-electron chi connectivity index (χ1n) is 7.28. The van der Waals surface area contributed by atoms with Gasteiger partial charge in [-0.1, -0.05) is 6.92 Å². The van der Waals surface area contributed by atoms with E-state index < -0.39 is 0 Å². The van der Waals surface area contributed by atoms with Gasteiger partial charge in [0.15, 0.2) is 0 Å². The third-order valence-corrected chi connectivity index (χ3v) is 3.58. The van der Waals surface area contributed by atoms with Crippen LogP contribution in [0, 0.1) is 0 Å². The molecule has 0 saturated carbocycles. The van der Waals surface area contributed by atoms with Crippen LogP contribution in [0.25, 0.3) is 0 Å². The molecule has 0 bridgehead atoms. The Kier molecular flexibility index (Phi) is 5.39. The van der Waals surface area contributed by atoms with Gasteiger partial charge in [-0.3, -0.25) is 0 Å². The van der Waals surface area contributed by atoms with Crippen molar-refractivity contribution < 1.29 is 5.11 Å². The molecule has 0 radical (unpaired) electrons. The third-order valence-electron chi connectivity index (χ3n) is 3.58. The lowest BCUT2D eigenvalue weighted by Gasteiger charge is -2.25. The molecule has 5 nitrogen and oxygen atoms in total. The molecule has 5 heteroatoms. The molecule has 1 aliphatic rings. The van der Waals surface area contributed by atoms with E-state index in [0.29, 0.717) is 6.04 Å². The summed E-state index contributed by atoms with van der Waals surface area (Å²) in [5, 5.41) is 12.3. The molecule has 1 aromatic heterocycles. The van der Waals surface area contributed by atoms with Gasteiger partial charge < -0.3 is 15.3 Å². The van der Waals surface area contributed by atoms with Crippen molar-refractivity contribution in [3.63, 3.8) is 0 Å². The first-order valence-corrected chi connectivity index (χ1v) is 7.28. The van der Waals surface area contributed by atoms with Crippen LogP contribution < -0.4 is 10.2 Å². The molecule has 1 aromatic rings. The van der Waals surface area contributed by atoms with E-state index in [-0.39, 0.29) is 6.61 Å². The minimum absolute atomic E-state index is 0.275. The van der Waals surface area contributed by atoms with Gasteiger partial charge in [0.25, 0.3) is 0 Å². The number of nitrogens with zero attached hydrogens (tertiary/aromatic N) is 3. The second kappa shape index (κ2) is 7.28. The summed E-state index contributed by atoms with van der Waals surface area (Å²) in [7, 11) is 0. The van der Waals surface area contributed by atoms with E-state index in [2.05, 4.69) is 27.1 Å². The maximum absolute atomic E-state index is 8.97. The minimum Gasteiger partial charge on any atom is -0.396 e. The van der Waals surface area contributed by atoms with Crippen LogP contribution in [-0.2, 0) is 0 Å². The summed E-state index contributed by atoms with van der Waals surface area (Å²) in [6, 6.07) is 2.55. The number of anilines is 2. The Hall–Kier alpha value is -1.36. The molecule has 106 valence electrons. The summed E-state index contributed by atoms with van der Waals surface area (Å²) in [6.45, 7) is 4.41. The van der Waals surface area contributed by atoms with Gasteiger partial charge in [-0.15, -0.1) is 0 Å². The molecule has 1 saturated heterocycles. The maximum atomic E-state index is 8.97. The number of nitrogens with one attached hydrogen (secondary N) is 1. The first kappa shape index (κ1) is 14.1. The second-order valence-corrected chi connectivity index (χ2v) is 5.04. The molecule has 1 fully saturated rings. The second-order valence-electron chi connectivity index (χ2n) is 5.04. The van der Waals surface area contributed by atoms with Crippen LogP contribution in [0.5, 0.6) is 0 Å². The van der Waals surface area contributed by atoms with Crippen molar-refractivity contribution in [2.75, 3.05) is 29.9 Å². The van der Waals surface area contributed by atoms with E-state index >= 15 is 0 Å². The van der Waals surface area contributed by atoms with Crippen molar-refractivity contribution in [1.82, 2.24) is 9.97 Å². The number of hydrogen-bond donors (Lipinski definition) is 2.